The molecule has 11 heteroatoms. The van der Waals surface area contributed by atoms with Crippen LogP contribution in [0, 0.1) is 6.92 Å². The fraction of sp³-hybridized carbons (Fsp3) is 0.219. The molecule has 0 saturated carbocycles. The average molecular weight is 619 g/mol. The first-order valence-corrected chi connectivity index (χ1v) is 15.9. The van der Waals surface area contributed by atoms with Crippen molar-refractivity contribution < 1.29 is 26.9 Å². The minimum atomic E-state index is -4.10. The van der Waals surface area contributed by atoms with Crippen LogP contribution in [0.25, 0.3) is 6.08 Å². The molecule has 4 aromatic rings. The van der Waals surface area contributed by atoms with Gasteiger partial charge in [0.1, 0.15) is 4.90 Å². The van der Waals surface area contributed by atoms with Gasteiger partial charge < -0.3 is 13.7 Å². The van der Waals surface area contributed by atoms with E-state index in [1.165, 1.54) is 34.1 Å². The van der Waals surface area contributed by atoms with E-state index in [2.05, 4.69) is 4.99 Å². The monoisotopic (exact) mass is 618 g/mol. The van der Waals surface area contributed by atoms with E-state index >= 15 is 0 Å². The summed E-state index contributed by atoms with van der Waals surface area (Å²) in [7, 11) is -4.10. The van der Waals surface area contributed by atoms with Gasteiger partial charge in [-0.2, -0.15) is 8.42 Å². The van der Waals surface area contributed by atoms with Crippen molar-refractivity contribution in [2.24, 2.45) is 4.99 Å². The molecule has 43 heavy (non-hydrogen) atoms. The summed E-state index contributed by atoms with van der Waals surface area (Å²) in [6, 6.07) is 19.7. The number of benzene rings is 3. The second-order valence-electron chi connectivity index (χ2n) is 9.70. The summed E-state index contributed by atoms with van der Waals surface area (Å²) in [5.41, 5.74) is 2.73. The molecule has 0 N–H and O–H groups in total. The number of thiazole rings is 1. The number of rotatable bonds is 9. The van der Waals surface area contributed by atoms with Gasteiger partial charge in [0, 0.05) is 0 Å². The first kappa shape index (κ1) is 30.0. The van der Waals surface area contributed by atoms with Gasteiger partial charge in [0.25, 0.3) is 5.56 Å². The minimum Gasteiger partial charge on any atom is -0.490 e. The second kappa shape index (κ2) is 12.4. The highest BCUT2D eigenvalue weighted by Crippen LogP contribution is 2.32. The summed E-state index contributed by atoms with van der Waals surface area (Å²) in [5.74, 6) is -0.286. The molecule has 222 valence electrons. The first-order valence-electron chi connectivity index (χ1n) is 13.7. The Hall–Kier alpha value is -4.48. The van der Waals surface area contributed by atoms with Crippen LogP contribution >= 0.6 is 11.3 Å². The van der Waals surface area contributed by atoms with Gasteiger partial charge in [-0.15, -0.1) is 0 Å². The third kappa shape index (κ3) is 6.18. The molecule has 1 aliphatic heterocycles. The molecule has 1 atom stereocenters. The van der Waals surface area contributed by atoms with Crippen molar-refractivity contribution >= 4 is 33.5 Å². The van der Waals surface area contributed by atoms with E-state index in [9.17, 15) is 18.0 Å². The van der Waals surface area contributed by atoms with Crippen LogP contribution in [0.2, 0.25) is 0 Å². The van der Waals surface area contributed by atoms with E-state index in [0.717, 1.165) is 11.1 Å². The van der Waals surface area contributed by atoms with Gasteiger partial charge in [0.05, 0.1) is 35.1 Å². The smallest absolute Gasteiger partial charge is 0.339 e. The summed E-state index contributed by atoms with van der Waals surface area (Å²) in [6.07, 6.45) is 1.68. The van der Waals surface area contributed by atoms with Crippen molar-refractivity contribution in [3.05, 3.63) is 120 Å². The van der Waals surface area contributed by atoms with E-state index in [1.54, 1.807) is 51.1 Å². The van der Waals surface area contributed by atoms with Crippen molar-refractivity contribution in [1.82, 2.24) is 4.57 Å². The number of carbonyl (C=O) groups excluding carboxylic acids is 1. The molecular weight excluding hydrogens is 588 g/mol. The zero-order valence-electron chi connectivity index (χ0n) is 24.1. The van der Waals surface area contributed by atoms with Crippen LogP contribution in [0.5, 0.6) is 11.5 Å². The maximum atomic E-state index is 13.9. The Kier molecular flexibility index (Phi) is 8.65. The molecule has 0 unspecified atom stereocenters. The highest BCUT2D eigenvalue weighted by molar-refractivity contribution is 7.87. The number of ether oxygens (including phenoxy) is 2. The second-order valence-corrected chi connectivity index (χ2v) is 12.3. The largest absolute Gasteiger partial charge is 0.490 e. The number of hydrogen-bond acceptors (Lipinski definition) is 9. The number of aromatic nitrogens is 1. The standard InChI is InChI=1S/C32H30N2O7S2/c1-5-39-26-18-22(14-17-25(26)41-43(37,38)24-15-12-20(3)13-16-24)19-27-30(35)34-29(23-10-8-7-9-11-23)28(31(36)40-6-2)21(4)33-32(34)42-27/h7-19,29H,5-6H2,1-4H3/b27-19-/t29-/m0/s1. The lowest BCUT2D eigenvalue weighted by Crippen LogP contribution is -2.39. The zero-order chi connectivity index (χ0) is 30.7. The molecule has 2 heterocycles. The van der Waals surface area contributed by atoms with E-state index in [4.69, 9.17) is 13.7 Å². The molecule has 0 amide bonds. The van der Waals surface area contributed by atoms with Crippen LogP contribution < -0.4 is 23.8 Å². The van der Waals surface area contributed by atoms with E-state index < -0.39 is 22.1 Å². The summed E-state index contributed by atoms with van der Waals surface area (Å²) in [4.78, 5) is 31.9. The Bertz CT molecular complexity index is 1990. The Morgan fingerprint density at radius 1 is 0.977 bits per heavy atom. The quantitative estimate of drug-likeness (QED) is 0.203. The van der Waals surface area contributed by atoms with Crippen LogP contribution in [0.4, 0.5) is 0 Å². The van der Waals surface area contributed by atoms with Gasteiger partial charge in [0.2, 0.25) is 0 Å². The Labute approximate surface area is 253 Å². The van der Waals surface area contributed by atoms with Crippen molar-refractivity contribution in [1.29, 1.82) is 0 Å². The van der Waals surface area contributed by atoms with E-state index in [0.29, 0.717) is 26.2 Å². The molecule has 1 aliphatic rings. The molecule has 9 nitrogen and oxygen atoms in total. The SMILES string of the molecule is CCOC(=O)C1=C(C)N=c2s/c(=C\c3ccc(OS(=O)(=O)c4ccc(C)cc4)c(OCC)c3)c(=O)n2[C@H]1c1ccccc1. The summed E-state index contributed by atoms with van der Waals surface area (Å²) >= 11 is 1.19. The number of carbonyl (C=O) groups is 1. The van der Waals surface area contributed by atoms with Crippen LogP contribution in [0.1, 0.15) is 43.5 Å². The first-order chi connectivity index (χ1) is 20.6. The zero-order valence-corrected chi connectivity index (χ0v) is 25.7. The Morgan fingerprint density at radius 3 is 2.37 bits per heavy atom. The maximum absolute atomic E-state index is 13.9. The third-order valence-electron chi connectivity index (χ3n) is 6.71. The fourth-order valence-corrected chi connectivity index (χ4v) is 6.70. The Balaban J connectivity index is 1.57. The molecular formula is C32H30N2O7S2. The lowest BCUT2D eigenvalue weighted by atomic mass is 9.96. The molecule has 0 aliphatic carbocycles. The van der Waals surface area contributed by atoms with Crippen LogP contribution in [0.3, 0.4) is 0 Å². The summed E-state index contributed by atoms with van der Waals surface area (Å²) in [5, 5.41) is 0. The highest BCUT2D eigenvalue weighted by Gasteiger charge is 2.33. The lowest BCUT2D eigenvalue weighted by Gasteiger charge is -2.24. The summed E-state index contributed by atoms with van der Waals surface area (Å²) in [6.45, 7) is 7.55. The normalized spacial score (nSPS) is 15.1. The number of esters is 1. The minimum absolute atomic E-state index is 0.0242. The van der Waals surface area contributed by atoms with Gasteiger partial charge >= 0.3 is 16.1 Å². The third-order valence-corrected chi connectivity index (χ3v) is 8.94. The average Bonchev–Trinajstić information content (AvgIpc) is 3.28. The molecule has 1 aromatic heterocycles. The number of fused-ring (bicyclic) bond motifs is 1. The highest BCUT2D eigenvalue weighted by atomic mass is 32.2. The maximum Gasteiger partial charge on any atom is 0.339 e. The van der Waals surface area contributed by atoms with E-state index in [-0.39, 0.29) is 35.2 Å². The summed E-state index contributed by atoms with van der Waals surface area (Å²) < 4.78 is 44.2. The number of allylic oxidation sites excluding steroid dienone is 1. The molecule has 3 aromatic carbocycles. The van der Waals surface area contributed by atoms with Crippen LogP contribution in [0.15, 0.2) is 98.7 Å². The van der Waals surface area contributed by atoms with Crippen LogP contribution in [-0.4, -0.2) is 32.2 Å². The van der Waals surface area contributed by atoms with Gasteiger partial charge in [-0.1, -0.05) is 65.4 Å². The topological polar surface area (TPSA) is 113 Å². The molecule has 0 spiro atoms. The predicted molar refractivity (Wildman–Crippen MR) is 163 cm³/mol. The predicted octanol–water partition coefficient (Wildman–Crippen LogP) is 4.27. The van der Waals surface area contributed by atoms with Gasteiger partial charge in [0.15, 0.2) is 16.3 Å². The van der Waals surface area contributed by atoms with Gasteiger partial charge in [-0.25, -0.2) is 9.79 Å². The Morgan fingerprint density at radius 2 is 1.70 bits per heavy atom. The van der Waals surface area contributed by atoms with Crippen LogP contribution in [-0.2, 0) is 19.6 Å². The van der Waals surface area contributed by atoms with Gasteiger partial charge in [-0.05, 0) is 69.2 Å². The van der Waals surface area contributed by atoms with Crippen molar-refractivity contribution in [2.75, 3.05) is 13.2 Å². The van der Waals surface area contributed by atoms with Crippen molar-refractivity contribution in [2.45, 2.75) is 38.6 Å². The number of aryl methyl sites for hydroxylation is 1. The molecule has 0 fully saturated rings. The van der Waals surface area contributed by atoms with Gasteiger partial charge in [-0.3, -0.25) is 9.36 Å². The number of nitrogens with zero attached hydrogens (tertiary/aromatic N) is 2. The molecule has 5 rings (SSSR count). The van der Waals surface area contributed by atoms with Crippen molar-refractivity contribution in [3.8, 4) is 11.5 Å². The molecule has 0 saturated heterocycles. The fourth-order valence-electron chi connectivity index (χ4n) is 4.72. The number of hydrogen-bond donors (Lipinski definition) is 0. The van der Waals surface area contributed by atoms with E-state index in [1.807, 2.05) is 37.3 Å². The molecule has 0 radical (unpaired) electrons. The lowest BCUT2D eigenvalue weighted by molar-refractivity contribution is -0.139. The van der Waals surface area contributed by atoms with Crippen molar-refractivity contribution in [3.63, 3.8) is 0 Å². The molecule has 0 bridgehead atoms.